The lowest BCUT2D eigenvalue weighted by atomic mass is 9.95. The first-order valence-corrected chi connectivity index (χ1v) is 10.8. The minimum Gasteiger partial charge on any atom is -0.490 e. The highest BCUT2D eigenvalue weighted by atomic mass is 16.5. The molecular weight excluding hydrogens is 392 g/mol. The molecule has 6 heteroatoms. The summed E-state index contributed by atoms with van der Waals surface area (Å²) in [5.74, 6) is 1.11. The van der Waals surface area contributed by atoms with Gasteiger partial charge in [0, 0.05) is 36.8 Å². The molecule has 1 saturated heterocycles. The molecule has 0 bridgehead atoms. The van der Waals surface area contributed by atoms with Crippen LogP contribution in [-0.2, 0) is 9.59 Å². The first-order valence-electron chi connectivity index (χ1n) is 10.8. The molecule has 0 radical (unpaired) electrons. The van der Waals surface area contributed by atoms with Crippen LogP contribution < -0.4 is 14.8 Å². The van der Waals surface area contributed by atoms with Gasteiger partial charge in [0.15, 0.2) is 11.5 Å². The van der Waals surface area contributed by atoms with Crippen LogP contribution in [0.15, 0.2) is 54.6 Å². The quantitative estimate of drug-likeness (QED) is 0.642. The number of benzene rings is 2. The molecule has 1 N–H and O–H groups in total. The Morgan fingerprint density at radius 2 is 1.68 bits per heavy atom. The topological polar surface area (TPSA) is 67.9 Å². The Balaban J connectivity index is 1.52. The number of nitrogens with zero attached hydrogens (tertiary/aromatic N) is 1. The van der Waals surface area contributed by atoms with Gasteiger partial charge in [-0.05, 0) is 50.5 Å². The third-order valence-corrected chi connectivity index (χ3v) is 5.21. The van der Waals surface area contributed by atoms with E-state index < -0.39 is 0 Å². The van der Waals surface area contributed by atoms with E-state index in [1.807, 2.05) is 62.4 Å². The van der Waals surface area contributed by atoms with Gasteiger partial charge < -0.3 is 19.7 Å². The van der Waals surface area contributed by atoms with Crippen molar-refractivity contribution in [1.29, 1.82) is 0 Å². The van der Waals surface area contributed by atoms with Crippen molar-refractivity contribution in [3.63, 3.8) is 0 Å². The zero-order chi connectivity index (χ0) is 22.1. The number of piperidine rings is 1. The van der Waals surface area contributed by atoms with Crippen molar-refractivity contribution in [3.8, 4) is 11.5 Å². The molecule has 2 amide bonds. The lowest BCUT2D eigenvalue weighted by Gasteiger charge is -2.30. The van der Waals surface area contributed by atoms with Gasteiger partial charge in [0.1, 0.15) is 0 Å². The molecule has 1 heterocycles. The smallest absolute Gasteiger partial charge is 0.246 e. The number of likely N-dealkylation sites (tertiary alicyclic amines) is 1. The summed E-state index contributed by atoms with van der Waals surface area (Å²) < 4.78 is 11.2. The van der Waals surface area contributed by atoms with Gasteiger partial charge in [0.05, 0.1) is 13.2 Å². The fraction of sp³-hybridized carbons (Fsp3) is 0.360. The summed E-state index contributed by atoms with van der Waals surface area (Å²) in [5, 5.41) is 2.98. The molecule has 0 spiro atoms. The second kappa shape index (κ2) is 11.2. The van der Waals surface area contributed by atoms with E-state index in [9.17, 15) is 9.59 Å². The number of amides is 2. The third-order valence-electron chi connectivity index (χ3n) is 5.21. The maximum atomic E-state index is 12.7. The summed E-state index contributed by atoms with van der Waals surface area (Å²) in [6, 6.07) is 15.2. The molecule has 0 unspecified atom stereocenters. The lowest BCUT2D eigenvalue weighted by Crippen LogP contribution is -2.40. The van der Waals surface area contributed by atoms with Crippen LogP contribution in [0.3, 0.4) is 0 Å². The number of ether oxygens (including phenoxy) is 2. The van der Waals surface area contributed by atoms with E-state index in [1.165, 1.54) is 0 Å². The van der Waals surface area contributed by atoms with Crippen LogP contribution in [0.25, 0.3) is 6.08 Å². The van der Waals surface area contributed by atoms with Crippen LogP contribution in [0.5, 0.6) is 11.5 Å². The highest BCUT2D eigenvalue weighted by Gasteiger charge is 2.26. The molecule has 2 aromatic rings. The number of rotatable bonds is 8. The van der Waals surface area contributed by atoms with Gasteiger partial charge in [-0.2, -0.15) is 0 Å². The number of anilines is 1. The lowest BCUT2D eigenvalue weighted by molar-refractivity contribution is -0.130. The second-order valence-corrected chi connectivity index (χ2v) is 7.36. The maximum Gasteiger partial charge on any atom is 0.246 e. The van der Waals surface area contributed by atoms with E-state index in [0.29, 0.717) is 56.3 Å². The van der Waals surface area contributed by atoms with Gasteiger partial charge >= 0.3 is 0 Å². The zero-order valence-electron chi connectivity index (χ0n) is 18.2. The monoisotopic (exact) mass is 422 g/mol. The minimum atomic E-state index is -0.121. The van der Waals surface area contributed by atoms with Crippen LogP contribution in [0.4, 0.5) is 5.69 Å². The van der Waals surface area contributed by atoms with Crippen molar-refractivity contribution in [2.75, 3.05) is 31.6 Å². The van der Waals surface area contributed by atoms with E-state index in [1.54, 1.807) is 17.0 Å². The Kier molecular flexibility index (Phi) is 8.10. The highest BCUT2D eigenvalue weighted by Crippen LogP contribution is 2.31. The number of hydrogen-bond acceptors (Lipinski definition) is 4. The Morgan fingerprint density at radius 1 is 1.00 bits per heavy atom. The highest BCUT2D eigenvalue weighted by molar-refractivity contribution is 5.94. The molecule has 1 aliphatic heterocycles. The molecule has 1 aliphatic rings. The molecule has 2 aromatic carbocycles. The first-order chi connectivity index (χ1) is 15.1. The maximum absolute atomic E-state index is 12.7. The van der Waals surface area contributed by atoms with Gasteiger partial charge in [-0.3, -0.25) is 9.59 Å². The van der Waals surface area contributed by atoms with Crippen molar-refractivity contribution < 1.29 is 19.1 Å². The van der Waals surface area contributed by atoms with Crippen LogP contribution in [0.2, 0.25) is 0 Å². The number of carbonyl (C=O) groups is 2. The average Bonchev–Trinajstić information content (AvgIpc) is 2.80. The molecule has 0 atom stereocenters. The van der Waals surface area contributed by atoms with Crippen LogP contribution in [0, 0.1) is 5.92 Å². The van der Waals surface area contributed by atoms with E-state index in [-0.39, 0.29) is 17.7 Å². The molecule has 6 nitrogen and oxygen atoms in total. The zero-order valence-corrected chi connectivity index (χ0v) is 18.2. The van der Waals surface area contributed by atoms with Crippen molar-refractivity contribution in [2.45, 2.75) is 26.7 Å². The summed E-state index contributed by atoms with van der Waals surface area (Å²) in [4.78, 5) is 27.0. The van der Waals surface area contributed by atoms with Crippen LogP contribution in [0.1, 0.15) is 32.3 Å². The van der Waals surface area contributed by atoms with Crippen molar-refractivity contribution in [2.24, 2.45) is 5.92 Å². The van der Waals surface area contributed by atoms with Gasteiger partial charge in [-0.25, -0.2) is 0 Å². The Bertz CT molecular complexity index is 903. The molecule has 164 valence electrons. The van der Waals surface area contributed by atoms with Crippen molar-refractivity contribution >= 4 is 23.6 Å². The Labute approximate surface area is 183 Å². The molecule has 0 aliphatic carbocycles. The Morgan fingerprint density at radius 3 is 2.35 bits per heavy atom. The van der Waals surface area contributed by atoms with E-state index in [2.05, 4.69) is 5.32 Å². The number of hydrogen-bond donors (Lipinski definition) is 1. The summed E-state index contributed by atoms with van der Waals surface area (Å²) in [7, 11) is 0. The molecule has 0 saturated carbocycles. The first kappa shape index (κ1) is 22.4. The normalized spacial score (nSPS) is 14.5. The largest absolute Gasteiger partial charge is 0.490 e. The second-order valence-electron chi connectivity index (χ2n) is 7.36. The van der Waals surface area contributed by atoms with E-state index in [4.69, 9.17) is 9.47 Å². The fourth-order valence-electron chi connectivity index (χ4n) is 3.57. The third kappa shape index (κ3) is 6.35. The molecule has 1 fully saturated rings. The summed E-state index contributed by atoms with van der Waals surface area (Å²) in [5.41, 5.74) is 1.67. The summed E-state index contributed by atoms with van der Waals surface area (Å²) in [6.45, 7) is 6.03. The van der Waals surface area contributed by atoms with Gasteiger partial charge in [0.25, 0.3) is 0 Å². The van der Waals surface area contributed by atoms with Crippen molar-refractivity contribution in [1.82, 2.24) is 4.90 Å². The molecular formula is C25H30N2O4. The predicted molar refractivity (Wildman–Crippen MR) is 122 cm³/mol. The fourth-order valence-corrected chi connectivity index (χ4v) is 3.57. The summed E-state index contributed by atoms with van der Waals surface area (Å²) in [6.07, 6.45) is 4.71. The van der Waals surface area contributed by atoms with Gasteiger partial charge in [-0.1, -0.05) is 30.3 Å². The standard InChI is InChI=1S/C25H30N2O4/c1-3-30-22-12-11-21(18-23(22)31-4-2)26-25(29)20-14-16-27(17-15-20)24(28)13-10-19-8-6-5-7-9-19/h5-13,18,20H,3-4,14-17H2,1-2H3,(H,26,29)/b13-10+. The van der Waals surface area contributed by atoms with Crippen LogP contribution >= 0.6 is 0 Å². The van der Waals surface area contributed by atoms with E-state index in [0.717, 1.165) is 5.56 Å². The minimum absolute atomic E-state index is 0.0180. The summed E-state index contributed by atoms with van der Waals surface area (Å²) >= 11 is 0. The van der Waals surface area contributed by atoms with Crippen molar-refractivity contribution in [3.05, 3.63) is 60.2 Å². The SMILES string of the molecule is CCOc1ccc(NC(=O)C2CCN(C(=O)/C=C/c3ccccc3)CC2)cc1OCC. The average molecular weight is 423 g/mol. The van der Waals surface area contributed by atoms with Gasteiger partial charge in [0.2, 0.25) is 11.8 Å². The number of carbonyl (C=O) groups excluding carboxylic acids is 2. The molecule has 31 heavy (non-hydrogen) atoms. The predicted octanol–water partition coefficient (Wildman–Crippen LogP) is 4.37. The molecule has 0 aromatic heterocycles. The number of nitrogens with one attached hydrogen (secondary N) is 1. The van der Waals surface area contributed by atoms with E-state index >= 15 is 0 Å². The Hall–Kier alpha value is -3.28. The van der Waals surface area contributed by atoms with Gasteiger partial charge in [-0.15, -0.1) is 0 Å². The van der Waals surface area contributed by atoms with Crippen LogP contribution in [-0.4, -0.2) is 43.0 Å². The molecule has 3 rings (SSSR count).